The van der Waals surface area contributed by atoms with Crippen LogP contribution in [0.25, 0.3) is 5.65 Å². The highest BCUT2D eigenvalue weighted by Crippen LogP contribution is 2.31. The minimum Gasteiger partial charge on any atom is -0.486 e. The Labute approximate surface area is 158 Å². The van der Waals surface area contributed by atoms with Crippen LogP contribution < -0.4 is 15.8 Å². The standard InChI is InChI=1S/C21H24N4O2/c1-14-6-9-20-24-16(12-25(20)11-14)13-27-19-5-3-2-4-17(19)21(26)23-10-18(22)15-7-8-15/h2-6,9,11-12,15,18H,7-8,10,13,22H2,1H3,(H,23,26). The number of carbonyl (C=O) groups is 1. The van der Waals surface area contributed by atoms with Crippen molar-refractivity contribution in [1.82, 2.24) is 14.7 Å². The summed E-state index contributed by atoms with van der Waals surface area (Å²) in [5, 5.41) is 2.92. The quantitative estimate of drug-likeness (QED) is 0.675. The number of nitrogens with two attached hydrogens (primary N) is 1. The average Bonchev–Trinajstić information content (AvgIpc) is 3.45. The average molecular weight is 364 g/mol. The summed E-state index contributed by atoms with van der Waals surface area (Å²) in [5.74, 6) is 0.936. The number of aryl methyl sites for hydroxylation is 1. The maximum Gasteiger partial charge on any atom is 0.255 e. The Morgan fingerprint density at radius 2 is 2.11 bits per heavy atom. The van der Waals surface area contributed by atoms with Gasteiger partial charge in [-0.1, -0.05) is 18.2 Å². The first-order valence-electron chi connectivity index (χ1n) is 9.30. The zero-order chi connectivity index (χ0) is 18.8. The molecule has 1 atom stereocenters. The number of fused-ring (bicyclic) bond motifs is 1. The Hall–Kier alpha value is -2.86. The van der Waals surface area contributed by atoms with E-state index in [-0.39, 0.29) is 11.9 Å². The van der Waals surface area contributed by atoms with Gasteiger partial charge in [0.05, 0.1) is 11.3 Å². The number of pyridine rings is 1. The van der Waals surface area contributed by atoms with Gasteiger partial charge in [0.15, 0.2) is 0 Å². The highest BCUT2D eigenvalue weighted by atomic mass is 16.5. The SMILES string of the molecule is Cc1ccc2nc(COc3ccccc3C(=O)NCC(N)C3CC3)cn2c1. The fourth-order valence-electron chi connectivity index (χ4n) is 3.15. The summed E-state index contributed by atoms with van der Waals surface area (Å²) in [5.41, 5.74) is 9.43. The van der Waals surface area contributed by atoms with Gasteiger partial charge < -0.3 is 20.2 Å². The molecule has 0 bridgehead atoms. The van der Waals surface area contributed by atoms with E-state index < -0.39 is 0 Å². The summed E-state index contributed by atoms with van der Waals surface area (Å²) in [6.45, 7) is 2.83. The summed E-state index contributed by atoms with van der Waals surface area (Å²) in [4.78, 5) is 17.1. The third kappa shape index (κ3) is 4.11. The maximum atomic E-state index is 12.5. The van der Waals surface area contributed by atoms with E-state index in [9.17, 15) is 4.79 Å². The van der Waals surface area contributed by atoms with E-state index in [4.69, 9.17) is 10.5 Å². The summed E-state index contributed by atoms with van der Waals surface area (Å²) in [7, 11) is 0. The van der Waals surface area contributed by atoms with E-state index in [2.05, 4.69) is 10.3 Å². The lowest BCUT2D eigenvalue weighted by Crippen LogP contribution is -2.38. The van der Waals surface area contributed by atoms with Gasteiger partial charge >= 0.3 is 0 Å². The lowest BCUT2D eigenvalue weighted by Gasteiger charge is -2.14. The number of imidazole rings is 1. The Kier molecular flexibility index (Phi) is 4.81. The normalized spacial score (nSPS) is 14.9. The Morgan fingerprint density at radius 1 is 1.30 bits per heavy atom. The van der Waals surface area contributed by atoms with Gasteiger partial charge in [-0.3, -0.25) is 4.79 Å². The maximum absolute atomic E-state index is 12.5. The summed E-state index contributed by atoms with van der Waals surface area (Å²) in [6.07, 6.45) is 6.29. The van der Waals surface area contributed by atoms with E-state index in [0.717, 1.165) is 24.2 Å². The second kappa shape index (κ2) is 7.40. The molecular weight excluding hydrogens is 340 g/mol. The molecule has 1 unspecified atom stereocenters. The minimum atomic E-state index is -0.160. The fraction of sp³-hybridized carbons (Fsp3) is 0.333. The number of aromatic nitrogens is 2. The lowest BCUT2D eigenvalue weighted by molar-refractivity contribution is 0.0945. The minimum absolute atomic E-state index is 0.0310. The van der Waals surface area contributed by atoms with Crippen LogP contribution in [0.5, 0.6) is 5.75 Å². The highest BCUT2D eigenvalue weighted by molar-refractivity contribution is 5.96. The van der Waals surface area contributed by atoms with E-state index in [0.29, 0.717) is 30.4 Å². The van der Waals surface area contributed by atoms with Crippen molar-refractivity contribution in [2.45, 2.75) is 32.4 Å². The number of ether oxygens (including phenoxy) is 1. The van der Waals surface area contributed by atoms with Gasteiger partial charge in [-0.05, 0) is 49.4 Å². The molecular formula is C21H24N4O2. The molecule has 1 saturated carbocycles. The number of nitrogens with one attached hydrogen (secondary N) is 1. The topological polar surface area (TPSA) is 81.6 Å². The molecule has 6 nitrogen and oxygen atoms in total. The van der Waals surface area contributed by atoms with Gasteiger partial charge in [-0.15, -0.1) is 0 Å². The molecule has 2 aromatic heterocycles. The first-order chi connectivity index (χ1) is 13.1. The fourth-order valence-corrected chi connectivity index (χ4v) is 3.15. The predicted octanol–water partition coefficient (Wildman–Crippen LogP) is 2.69. The number of hydrogen-bond donors (Lipinski definition) is 2. The predicted molar refractivity (Wildman–Crippen MR) is 104 cm³/mol. The van der Waals surface area contributed by atoms with Crippen LogP contribution >= 0.6 is 0 Å². The largest absolute Gasteiger partial charge is 0.486 e. The van der Waals surface area contributed by atoms with Crippen LogP contribution in [-0.4, -0.2) is 27.9 Å². The zero-order valence-corrected chi connectivity index (χ0v) is 15.4. The van der Waals surface area contributed by atoms with Gasteiger partial charge in [-0.2, -0.15) is 0 Å². The number of rotatable bonds is 7. The summed E-state index contributed by atoms with van der Waals surface area (Å²) < 4.78 is 7.88. The molecule has 1 aliphatic carbocycles. The second-order valence-electron chi connectivity index (χ2n) is 7.20. The van der Waals surface area contributed by atoms with Crippen LogP contribution in [-0.2, 0) is 6.61 Å². The molecule has 1 amide bonds. The van der Waals surface area contributed by atoms with Gasteiger partial charge in [-0.25, -0.2) is 4.98 Å². The molecule has 6 heteroatoms. The van der Waals surface area contributed by atoms with Gasteiger partial charge in [0.2, 0.25) is 0 Å². The molecule has 140 valence electrons. The molecule has 3 aromatic rings. The summed E-state index contributed by atoms with van der Waals surface area (Å²) in [6, 6.07) is 11.3. The van der Waals surface area contributed by atoms with E-state index in [1.54, 1.807) is 12.1 Å². The number of nitrogens with zero attached hydrogens (tertiary/aromatic N) is 2. The molecule has 3 N–H and O–H groups in total. The van der Waals surface area contributed by atoms with Gasteiger partial charge in [0, 0.05) is 25.0 Å². The number of benzene rings is 1. The van der Waals surface area contributed by atoms with Crippen LogP contribution in [0.1, 0.15) is 34.5 Å². The van der Waals surface area contributed by atoms with Gasteiger partial charge in [0.25, 0.3) is 5.91 Å². The van der Waals surface area contributed by atoms with Crippen molar-refractivity contribution in [2.24, 2.45) is 11.7 Å². The van der Waals surface area contributed by atoms with E-state index >= 15 is 0 Å². The molecule has 0 spiro atoms. The Bertz CT molecular complexity index is 962. The molecule has 4 rings (SSSR count). The third-order valence-corrected chi connectivity index (χ3v) is 4.88. The molecule has 0 saturated heterocycles. The zero-order valence-electron chi connectivity index (χ0n) is 15.4. The monoisotopic (exact) mass is 364 g/mol. The Morgan fingerprint density at radius 3 is 2.93 bits per heavy atom. The second-order valence-corrected chi connectivity index (χ2v) is 7.20. The Balaban J connectivity index is 1.42. The van der Waals surface area contributed by atoms with Crippen molar-refractivity contribution in [3.05, 3.63) is 65.6 Å². The lowest BCUT2D eigenvalue weighted by atomic mass is 10.1. The van der Waals surface area contributed by atoms with Crippen LogP contribution in [0.15, 0.2) is 48.8 Å². The first-order valence-corrected chi connectivity index (χ1v) is 9.30. The van der Waals surface area contributed by atoms with Crippen LogP contribution in [0.3, 0.4) is 0 Å². The highest BCUT2D eigenvalue weighted by Gasteiger charge is 2.28. The van der Waals surface area contributed by atoms with E-state index in [1.807, 2.05) is 48.0 Å². The number of amides is 1. The van der Waals surface area contributed by atoms with Gasteiger partial charge in [0.1, 0.15) is 18.0 Å². The van der Waals surface area contributed by atoms with Crippen LogP contribution in [0.4, 0.5) is 0 Å². The number of carbonyl (C=O) groups excluding carboxylic acids is 1. The molecule has 1 fully saturated rings. The third-order valence-electron chi connectivity index (χ3n) is 4.88. The number of hydrogen-bond acceptors (Lipinski definition) is 4. The van der Waals surface area contributed by atoms with Crippen LogP contribution in [0.2, 0.25) is 0 Å². The molecule has 1 aromatic carbocycles. The first kappa shape index (κ1) is 17.5. The van der Waals surface area contributed by atoms with Crippen molar-refractivity contribution < 1.29 is 9.53 Å². The van der Waals surface area contributed by atoms with Crippen LogP contribution in [0, 0.1) is 12.8 Å². The smallest absolute Gasteiger partial charge is 0.255 e. The van der Waals surface area contributed by atoms with Crippen molar-refractivity contribution in [2.75, 3.05) is 6.54 Å². The molecule has 0 radical (unpaired) electrons. The van der Waals surface area contributed by atoms with Crippen molar-refractivity contribution >= 4 is 11.6 Å². The van der Waals surface area contributed by atoms with Crippen molar-refractivity contribution in [3.63, 3.8) is 0 Å². The molecule has 0 aliphatic heterocycles. The molecule has 1 aliphatic rings. The van der Waals surface area contributed by atoms with E-state index in [1.165, 1.54) is 5.56 Å². The molecule has 2 heterocycles. The number of para-hydroxylation sites is 1. The molecule has 27 heavy (non-hydrogen) atoms. The van der Waals surface area contributed by atoms with Crippen molar-refractivity contribution in [3.8, 4) is 5.75 Å². The van der Waals surface area contributed by atoms with Crippen molar-refractivity contribution in [1.29, 1.82) is 0 Å². The summed E-state index contributed by atoms with van der Waals surface area (Å²) >= 11 is 0.